The molecule has 0 bridgehead atoms. The van der Waals surface area contributed by atoms with Gasteiger partial charge in [0, 0.05) is 11.8 Å². The van der Waals surface area contributed by atoms with Crippen LogP contribution in [0.3, 0.4) is 0 Å². The molecule has 0 aliphatic carbocycles. The van der Waals surface area contributed by atoms with Gasteiger partial charge in [-0.05, 0) is 35.9 Å². The molecule has 0 spiro atoms. The number of carbonyl (C=O) groups is 1. The van der Waals surface area contributed by atoms with E-state index in [-0.39, 0.29) is 5.91 Å². The van der Waals surface area contributed by atoms with Crippen molar-refractivity contribution in [3.05, 3.63) is 59.3 Å². The van der Waals surface area contributed by atoms with Gasteiger partial charge >= 0.3 is 0 Å². The number of aromatic nitrogens is 1. The van der Waals surface area contributed by atoms with Gasteiger partial charge in [0.25, 0.3) is 0 Å². The number of amides is 1. The monoisotopic (exact) mass is 273 g/mol. The minimum atomic E-state index is -0.280. The lowest BCUT2D eigenvalue weighted by Crippen LogP contribution is -2.08. The molecule has 0 fully saturated rings. The van der Waals surface area contributed by atoms with Crippen molar-refractivity contribution < 1.29 is 4.79 Å². The number of nitrogens with zero attached hydrogens (tertiary/aromatic N) is 1. The summed E-state index contributed by atoms with van der Waals surface area (Å²) < 4.78 is 0. The van der Waals surface area contributed by atoms with Crippen LogP contribution < -0.4 is 11.1 Å². The Morgan fingerprint density at radius 3 is 2.79 bits per heavy atom. The topological polar surface area (TPSA) is 68.0 Å². The molecule has 0 unspecified atom stereocenters. The molecule has 2 rings (SSSR count). The zero-order chi connectivity index (χ0) is 13.7. The molecule has 0 aliphatic rings. The fourth-order valence-corrected chi connectivity index (χ4v) is 1.64. The number of nitrogens with one attached hydrogen (secondary N) is 1. The van der Waals surface area contributed by atoms with Gasteiger partial charge in [-0.3, -0.25) is 4.79 Å². The smallest absolute Gasteiger partial charge is 0.249 e. The van der Waals surface area contributed by atoms with E-state index in [0.717, 1.165) is 5.56 Å². The molecule has 0 radical (unpaired) electrons. The van der Waals surface area contributed by atoms with Crippen molar-refractivity contribution in [2.24, 2.45) is 0 Å². The highest BCUT2D eigenvalue weighted by atomic mass is 35.5. The van der Waals surface area contributed by atoms with Crippen LogP contribution in [0.5, 0.6) is 0 Å². The van der Waals surface area contributed by atoms with Gasteiger partial charge in [0.15, 0.2) is 0 Å². The van der Waals surface area contributed by atoms with Gasteiger partial charge in [-0.1, -0.05) is 29.8 Å². The van der Waals surface area contributed by atoms with Crippen LogP contribution in [0.1, 0.15) is 5.56 Å². The van der Waals surface area contributed by atoms with Crippen LogP contribution in [0.15, 0.2) is 48.5 Å². The Hall–Kier alpha value is -2.33. The van der Waals surface area contributed by atoms with E-state index in [2.05, 4.69) is 10.3 Å². The number of rotatable bonds is 3. The van der Waals surface area contributed by atoms with Gasteiger partial charge in [0.2, 0.25) is 5.91 Å². The lowest BCUT2D eigenvalue weighted by Gasteiger charge is -2.01. The highest BCUT2D eigenvalue weighted by molar-refractivity contribution is 6.29. The van der Waals surface area contributed by atoms with Crippen molar-refractivity contribution in [3.8, 4) is 0 Å². The number of anilines is 2. The second-order valence-corrected chi connectivity index (χ2v) is 4.23. The summed E-state index contributed by atoms with van der Waals surface area (Å²) in [6.45, 7) is 0. The lowest BCUT2D eigenvalue weighted by atomic mass is 10.2. The van der Waals surface area contributed by atoms with Crippen molar-refractivity contribution in [1.29, 1.82) is 0 Å². The Morgan fingerprint density at radius 2 is 2.05 bits per heavy atom. The Kier molecular flexibility index (Phi) is 4.15. The minimum Gasteiger partial charge on any atom is -0.399 e. The first-order chi connectivity index (χ1) is 9.13. The Labute approximate surface area is 115 Å². The average molecular weight is 274 g/mol. The fourth-order valence-electron chi connectivity index (χ4n) is 1.48. The van der Waals surface area contributed by atoms with Crippen LogP contribution in [0.25, 0.3) is 6.08 Å². The summed E-state index contributed by atoms with van der Waals surface area (Å²) in [5.74, 6) is 0.131. The van der Waals surface area contributed by atoms with Crippen LogP contribution in [-0.2, 0) is 4.79 Å². The van der Waals surface area contributed by atoms with E-state index >= 15 is 0 Å². The Balaban J connectivity index is 2.01. The Morgan fingerprint density at radius 1 is 1.26 bits per heavy atom. The average Bonchev–Trinajstić information content (AvgIpc) is 2.36. The lowest BCUT2D eigenvalue weighted by molar-refractivity contribution is -0.111. The van der Waals surface area contributed by atoms with Gasteiger partial charge in [0.05, 0.1) is 0 Å². The molecule has 1 aromatic carbocycles. The van der Waals surface area contributed by atoms with Gasteiger partial charge in [-0.15, -0.1) is 0 Å². The number of hydrogen-bond acceptors (Lipinski definition) is 3. The molecular formula is C14H12ClN3O. The standard InChI is InChI=1S/C14H12ClN3O/c15-12-5-2-6-13(17-12)18-14(19)8-7-10-3-1-4-11(16)9-10/h1-9H,16H2,(H,17,18,19)/b8-7+. The zero-order valence-electron chi connectivity index (χ0n) is 10.0. The van der Waals surface area contributed by atoms with Gasteiger partial charge in [0.1, 0.15) is 11.0 Å². The van der Waals surface area contributed by atoms with E-state index < -0.39 is 0 Å². The predicted octanol–water partition coefficient (Wildman–Crippen LogP) is 2.97. The predicted molar refractivity (Wildman–Crippen MR) is 77.8 cm³/mol. The quantitative estimate of drug-likeness (QED) is 0.513. The summed E-state index contributed by atoms with van der Waals surface area (Å²) in [7, 11) is 0. The largest absolute Gasteiger partial charge is 0.399 e. The Bertz CT molecular complexity index is 626. The van der Waals surface area contributed by atoms with Gasteiger partial charge < -0.3 is 11.1 Å². The third-order valence-electron chi connectivity index (χ3n) is 2.30. The number of benzene rings is 1. The maximum Gasteiger partial charge on any atom is 0.249 e. The minimum absolute atomic E-state index is 0.280. The van der Waals surface area contributed by atoms with Crippen molar-refractivity contribution in [1.82, 2.24) is 4.98 Å². The molecular weight excluding hydrogens is 262 g/mol. The van der Waals surface area contributed by atoms with Crippen LogP contribution in [0.2, 0.25) is 5.15 Å². The summed E-state index contributed by atoms with van der Waals surface area (Å²) in [4.78, 5) is 15.6. The highest BCUT2D eigenvalue weighted by Crippen LogP contribution is 2.10. The maximum atomic E-state index is 11.7. The van der Waals surface area contributed by atoms with Crippen molar-refractivity contribution in [3.63, 3.8) is 0 Å². The number of pyridine rings is 1. The van der Waals surface area contributed by atoms with Crippen LogP contribution in [-0.4, -0.2) is 10.9 Å². The van der Waals surface area contributed by atoms with E-state index in [4.69, 9.17) is 17.3 Å². The number of halogens is 1. The molecule has 2 aromatic rings. The summed E-state index contributed by atoms with van der Waals surface area (Å²) in [5.41, 5.74) is 7.15. The van der Waals surface area contributed by atoms with Crippen molar-refractivity contribution in [2.75, 3.05) is 11.1 Å². The number of nitrogen functional groups attached to an aromatic ring is 1. The molecule has 96 valence electrons. The molecule has 3 N–H and O–H groups in total. The van der Waals surface area contributed by atoms with Crippen molar-refractivity contribution in [2.45, 2.75) is 0 Å². The molecule has 1 amide bonds. The first kappa shape index (κ1) is 13.1. The number of nitrogens with two attached hydrogens (primary N) is 1. The molecule has 0 aliphatic heterocycles. The molecule has 5 heteroatoms. The van der Waals surface area contributed by atoms with E-state index in [0.29, 0.717) is 16.7 Å². The molecule has 19 heavy (non-hydrogen) atoms. The molecule has 1 aromatic heterocycles. The fraction of sp³-hybridized carbons (Fsp3) is 0. The summed E-state index contributed by atoms with van der Waals surface area (Å²) >= 11 is 5.72. The van der Waals surface area contributed by atoms with Gasteiger partial charge in [-0.2, -0.15) is 0 Å². The van der Waals surface area contributed by atoms with Gasteiger partial charge in [-0.25, -0.2) is 4.98 Å². The molecule has 1 heterocycles. The highest BCUT2D eigenvalue weighted by Gasteiger charge is 1.99. The molecule has 0 saturated carbocycles. The van der Waals surface area contributed by atoms with Crippen LogP contribution in [0, 0.1) is 0 Å². The molecule has 0 saturated heterocycles. The zero-order valence-corrected chi connectivity index (χ0v) is 10.8. The second-order valence-electron chi connectivity index (χ2n) is 3.84. The second kappa shape index (κ2) is 6.02. The summed E-state index contributed by atoms with van der Waals surface area (Å²) in [6, 6.07) is 12.3. The third kappa shape index (κ3) is 4.12. The van der Waals surface area contributed by atoms with Crippen LogP contribution in [0.4, 0.5) is 11.5 Å². The molecule has 4 nitrogen and oxygen atoms in total. The van der Waals surface area contributed by atoms with E-state index in [1.165, 1.54) is 6.08 Å². The molecule has 0 atom stereocenters. The summed E-state index contributed by atoms with van der Waals surface area (Å²) in [5, 5.41) is 2.95. The van der Waals surface area contributed by atoms with Crippen LogP contribution >= 0.6 is 11.6 Å². The van der Waals surface area contributed by atoms with Crippen molar-refractivity contribution >= 4 is 35.1 Å². The number of carbonyl (C=O) groups excluding carboxylic acids is 1. The number of hydrogen-bond donors (Lipinski definition) is 2. The third-order valence-corrected chi connectivity index (χ3v) is 2.51. The van der Waals surface area contributed by atoms with E-state index in [1.54, 1.807) is 36.4 Å². The first-order valence-corrected chi connectivity index (χ1v) is 5.98. The SMILES string of the molecule is Nc1cccc(/C=C/C(=O)Nc2cccc(Cl)n2)c1. The summed E-state index contributed by atoms with van der Waals surface area (Å²) in [6.07, 6.45) is 3.09. The van der Waals surface area contributed by atoms with E-state index in [9.17, 15) is 4.79 Å². The normalized spacial score (nSPS) is 10.6. The van der Waals surface area contributed by atoms with E-state index in [1.807, 2.05) is 12.1 Å². The first-order valence-electron chi connectivity index (χ1n) is 5.61. The maximum absolute atomic E-state index is 11.7.